The molecule has 2 aromatic rings. The maximum Gasteiger partial charge on any atom is 0.437 e. The lowest BCUT2D eigenvalue weighted by atomic mass is 10.1. The zero-order valence-electron chi connectivity index (χ0n) is 11.7. The smallest absolute Gasteiger partial charge is 0.323 e. The number of aryl methyl sites for hydroxylation is 3. The van der Waals surface area contributed by atoms with E-state index in [0.29, 0.717) is 17.0 Å². The van der Waals surface area contributed by atoms with Crippen LogP contribution >= 0.6 is 0 Å². The minimum absolute atomic E-state index is 0.0552. The molecule has 114 valence electrons. The largest absolute Gasteiger partial charge is 0.437 e. The third-order valence-corrected chi connectivity index (χ3v) is 2.99. The van der Waals surface area contributed by atoms with Crippen LogP contribution in [0.5, 0.6) is 0 Å². The molecular formula is C12H14F3N5O. The first-order chi connectivity index (χ1) is 9.68. The predicted molar refractivity (Wildman–Crippen MR) is 68.6 cm³/mol. The Labute approximate surface area is 118 Å². The van der Waals surface area contributed by atoms with Gasteiger partial charge in [-0.1, -0.05) is 0 Å². The number of carbonyl (C=O) groups excluding carboxylic acids is 1. The predicted octanol–water partition coefficient (Wildman–Crippen LogP) is 1.96. The van der Waals surface area contributed by atoms with Crippen LogP contribution in [0.1, 0.15) is 22.6 Å². The van der Waals surface area contributed by atoms with Crippen molar-refractivity contribution in [2.45, 2.75) is 26.4 Å². The van der Waals surface area contributed by atoms with Crippen LogP contribution in [0, 0.1) is 13.8 Å². The molecular weight excluding hydrogens is 287 g/mol. The number of nitrogens with one attached hydrogen (secondary N) is 2. The summed E-state index contributed by atoms with van der Waals surface area (Å²) in [6, 6.07) is 0. The zero-order chi connectivity index (χ0) is 15.8. The lowest BCUT2D eigenvalue weighted by molar-refractivity contribution is -0.140. The number of aromatic nitrogens is 4. The van der Waals surface area contributed by atoms with Gasteiger partial charge >= 0.3 is 6.18 Å². The highest BCUT2D eigenvalue weighted by Gasteiger charge is 2.37. The van der Waals surface area contributed by atoms with Crippen LogP contribution in [0.3, 0.4) is 0 Å². The van der Waals surface area contributed by atoms with Gasteiger partial charge in [0.15, 0.2) is 5.69 Å². The summed E-state index contributed by atoms with van der Waals surface area (Å²) < 4.78 is 39.3. The third kappa shape index (κ3) is 3.23. The Hall–Kier alpha value is -2.32. The summed E-state index contributed by atoms with van der Waals surface area (Å²) in [5.74, 6) is -0.555. The van der Waals surface area contributed by atoms with Crippen LogP contribution in [0.25, 0.3) is 0 Å². The highest BCUT2D eigenvalue weighted by molar-refractivity contribution is 5.93. The summed E-state index contributed by atoms with van der Waals surface area (Å²) in [6.07, 6.45) is -3.55. The molecule has 1 amide bonds. The van der Waals surface area contributed by atoms with Gasteiger partial charge in [-0.15, -0.1) is 0 Å². The van der Waals surface area contributed by atoms with Crippen LogP contribution in [0.4, 0.5) is 18.9 Å². The number of nitrogens with zero attached hydrogens (tertiary/aromatic N) is 3. The number of amides is 1. The lowest BCUT2D eigenvalue weighted by Gasteiger charge is -2.07. The number of anilines is 1. The summed E-state index contributed by atoms with van der Waals surface area (Å²) >= 11 is 0. The van der Waals surface area contributed by atoms with Crippen molar-refractivity contribution < 1.29 is 18.0 Å². The molecule has 0 saturated carbocycles. The van der Waals surface area contributed by atoms with Crippen molar-refractivity contribution in [2.24, 2.45) is 7.05 Å². The molecule has 0 aromatic carbocycles. The second kappa shape index (κ2) is 5.23. The quantitative estimate of drug-likeness (QED) is 0.910. The molecule has 0 aliphatic carbocycles. The van der Waals surface area contributed by atoms with E-state index < -0.39 is 17.8 Å². The number of hydrogen-bond donors (Lipinski definition) is 2. The van der Waals surface area contributed by atoms with Gasteiger partial charge in [-0.2, -0.15) is 23.4 Å². The minimum atomic E-state index is -4.62. The lowest BCUT2D eigenvalue weighted by Crippen LogP contribution is -2.18. The van der Waals surface area contributed by atoms with Gasteiger partial charge in [0, 0.05) is 24.5 Å². The highest BCUT2D eigenvalue weighted by atomic mass is 19.4. The highest BCUT2D eigenvalue weighted by Crippen LogP contribution is 2.33. The molecule has 2 N–H and O–H groups in total. The fourth-order valence-corrected chi connectivity index (χ4v) is 1.98. The van der Waals surface area contributed by atoms with E-state index in [2.05, 4.69) is 20.6 Å². The van der Waals surface area contributed by atoms with Crippen molar-refractivity contribution in [1.82, 2.24) is 20.0 Å². The minimum Gasteiger partial charge on any atom is -0.323 e. The maximum absolute atomic E-state index is 12.8. The average Bonchev–Trinajstić information content (AvgIpc) is 2.86. The van der Waals surface area contributed by atoms with Crippen molar-refractivity contribution >= 4 is 11.6 Å². The van der Waals surface area contributed by atoms with E-state index in [0.717, 1.165) is 10.9 Å². The summed E-state index contributed by atoms with van der Waals surface area (Å²) in [6.45, 7) is 3.46. The Morgan fingerprint density at radius 2 is 2.10 bits per heavy atom. The van der Waals surface area contributed by atoms with Crippen LogP contribution in [0.15, 0.2) is 6.20 Å². The second-order valence-electron chi connectivity index (χ2n) is 4.70. The molecule has 0 atom stereocenters. The number of halogens is 3. The summed E-state index contributed by atoms with van der Waals surface area (Å²) in [4.78, 5) is 11.9. The van der Waals surface area contributed by atoms with E-state index >= 15 is 0 Å². The molecule has 6 nitrogen and oxygen atoms in total. The van der Waals surface area contributed by atoms with E-state index in [4.69, 9.17) is 0 Å². The van der Waals surface area contributed by atoms with Crippen molar-refractivity contribution in [3.8, 4) is 0 Å². The van der Waals surface area contributed by atoms with Crippen LogP contribution in [-0.4, -0.2) is 25.9 Å². The number of alkyl halides is 3. The number of aromatic amines is 1. The third-order valence-electron chi connectivity index (χ3n) is 2.99. The van der Waals surface area contributed by atoms with Crippen molar-refractivity contribution in [3.05, 3.63) is 28.8 Å². The molecule has 0 fully saturated rings. The molecule has 0 unspecified atom stereocenters. The topological polar surface area (TPSA) is 75.6 Å². The Morgan fingerprint density at radius 1 is 1.43 bits per heavy atom. The zero-order valence-corrected chi connectivity index (χ0v) is 11.7. The SMILES string of the molecule is Cc1n[nH]c(C)c1CC(=O)Nc1cn(C)nc1C(F)(F)F. The molecule has 0 bridgehead atoms. The van der Waals surface area contributed by atoms with Gasteiger partial charge < -0.3 is 5.32 Å². The van der Waals surface area contributed by atoms with Gasteiger partial charge in [0.05, 0.1) is 17.8 Å². The number of carbonyl (C=O) groups is 1. The summed E-state index contributed by atoms with van der Waals surface area (Å²) in [5, 5.41) is 12.2. The van der Waals surface area contributed by atoms with E-state index in [1.54, 1.807) is 13.8 Å². The molecule has 0 aliphatic heterocycles. The van der Waals surface area contributed by atoms with Crippen LogP contribution < -0.4 is 5.32 Å². The Kier molecular flexibility index (Phi) is 3.75. The fourth-order valence-electron chi connectivity index (χ4n) is 1.98. The molecule has 0 aliphatic rings. The van der Waals surface area contributed by atoms with Crippen LogP contribution in [0.2, 0.25) is 0 Å². The van der Waals surface area contributed by atoms with Gasteiger partial charge in [-0.05, 0) is 13.8 Å². The first-order valence-electron chi connectivity index (χ1n) is 6.09. The average molecular weight is 301 g/mol. The van der Waals surface area contributed by atoms with Crippen LogP contribution in [-0.2, 0) is 24.4 Å². The van der Waals surface area contributed by atoms with Crippen molar-refractivity contribution in [2.75, 3.05) is 5.32 Å². The van der Waals surface area contributed by atoms with E-state index in [-0.39, 0.29) is 12.1 Å². The fraction of sp³-hybridized carbons (Fsp3) is 0.417. The Balaban J connectivity index is 2.17. The number of hydrogen-bond acceptors (Lipinski definition) is 3. The first-order valence-corrected chi connectivity index (χ1v) is 6.09. The van der Waals surface area contributed by atoms with Gasteiger partial charge in [0.2, 0.25) is 5.91 Å². The molecule has 2 aromatic heterocycles. The summed E-state index contributed by atoms with van der Waals surface area (Å²) in [5.41, 5.74) is 0.563. The normalized spacial score (nSPS) is 11.7. The maximum atomic E-state index is 12.8. The number of rotatable bonds is 3. The van der Waals surface area contributed by atoms with Crippen molar-refractivity contribution in [3.63, 3.8) is 0 Å². The molecule has 2 heterocycles. The number of H-pyrrole nitrogens is 1. The standard InChI is InChI=1S/C12H14F3N5O/c1-6-8(7(2)18-17-6)4-10(21)16-9-5-20(3)19-11(9)12(13,14)15/h5H,4H2,1-3H3,(H,16,21)(H,17,18). The van der Waals surface area contributed by atoms with E-state index in [1.807, 2.05) is 0 Å². The Morgan fingerprint density at radius 3 is 2.62 bits per heavy atom. The molecule has 0 spiro atoms. The van der Waals surface area contributed by atoms with Gasteiger partial charge in [0.25, 0.3) is 0 Å². The Bertz CT molecular complexity index is 651. The van der Waals surface area contributed by atoms with Crippen molar-refractivity contribution in [1.29, 1.82) is 0 Å². The van der Waals surface area contributed by atoms with Gasteiger partial charge in [0.1, 0.15) is 0 Å². The monoisotopic (exact) mass is 301 g/mol. The molecule has 21 heavy (non-hydrogen) atoms. The second-order valence-corrected chi connectivity index (χ2v) is 4.70. The van der Waals surface area contributed by atoms with E-state index in [9.17, 15) is 18.0 Å². The first kappa shape index (κ1) is 15.1. The molecule has 2 rings (SSSR count). The van der Waals surface area contributed by atoms with Gasteiger partial charge in [-0.3, -0.25) is 14.6 Å². The molecule has 0 radical (unpaired) electrons. The summed E-state index contributed by atoms with van der Waals surface area (Å²) in [7, 11) is 1.36. The van der Waals surface area contributed by atoms with Gasteiger partial charge in [-0.25, -0.2) is 0 Å². The molecule has 0 saturated heterocycles. The molecule has 9 heteroatoms. The van der Waals surface area contributed by atoms with E-state index in [1.165, 1.54) is 7.05 Å².